The summed E-state index contributed by atoms with van der Waals surface area (Å²) in [6, 6.07) is 0. The van der Waals surface area contributed by atoms with Crippen LogP contribution in [0.2, 0.25) is 0 Å². The number of unbranched alkanes of at least 4 members (excludes halogenated alkanes) is 1. The van der Waals surface area contributed by atoms with Gasteiger partial charge in [0.1, 0.15) is 0 Å². The van der Waals surface area contributed by atoms with E-state index in [2.05, 4.69) is 0 Å². The van der Waals surface area contributed by atoms with Crippen molar-refractivity contribution in [2.75, 3.05) is 37.0 Å². The van der Waals surface area contributed by atoms with E-state index in [4.69, 9.17) is 0 Å². The highest BCUT2D eigenvalue weighted by Gasteiger charge is 2.19. The molecule has 0 saturated carbocycles. The maximum absolute atomic E-state index is 12.1. The minimum absolute atomic E-state index is 0.822. The van der Waals surface area contributed by atoms with Gasteiger partial charge in [0.2, 0.25) is 0 Å². The van der Waals surface area contributed by atoms with Gasteiger partial charge in [-0.2, -0.15) is 0 Å². The molecular weight excluding hydrogens is 238 g/mol. The zero-order chi connectivity index (χ0) is 12.7. The molecule has 0 saturated heterocycles. The molecule has 0 radical (unpaired) electrons. The van der Waals surface area contributed by atoms with Gasteiger partial charge < -0.3 is 9.13 Å². The molecule has 0 amide bonds. The minimum atomic E-state index is -1.87. The topological polar surface area (TPSA) is 34.1 Å². The van der Waals surface area contributed by atoms with E-state index < -0.39 is 14.3 Å². The quantitative estimate of drug-likeness (QED) is 0.452. The molecule has 98 valence electrons. The van der Waals surface area contributed by atoms with Gasteiger partial charge in [-0.25, -0.2) is 0 Å². The third-order valence-corrected chi connectivity index (χ3v) is 10.6. The van der Waals surface area contributed by atoms with E-state index in [0.29, 0.717) is 0 Å². The van der Waals surface area contributed by atoms with Crippen molar-refractivity contribution in [2.24, 2.45) is 0 Å². The van der Waals surface area contributed by atoms with E-state index in [1.54, 1.807) is 0 Å². The van der Waals surface area contributed by atoms with Crippen LogP contribution >= 0.6 is 14.3 Å². The van der Waals surface area contributed by atoms with E-state index in [-0.39, 0.29) is 0 Å². The monoisotopic (exact) mass is 266 g/mol. The van der Waals surface area contributed by atoms with Gasteiger partial charge in [-0.15, -0.1) is 0 Å². The van der Waals surface area contributed by atoms with Crippen LogP contribution in [-0.2, 0) is 9.13 Å². The lowest BCUT2D eigenvalue weighted by molar-refractivity contribution is 0.568. The third kappa shape index (κ3) is 5.69. The van der Waals surface area contributed by atoms with Crippen LogP contribution in [-0.4, -0.2) is 37.0 Å². The van der Waals surface area contributed by atoms with Crippen molar-refractivity contribution in [2.45, 2.75) is 40.5 Å². The van der Waals surface area contributed by atoms with Crippen molar-refractivity contribution in [3.8, 4) is 0 Å². The first-order chi connectivity index (χ1) is 7.45. The molecule has 2 nitrogen and oxygen atoms in total. The summed E-state index contributed by atoms with van der Waals surface area (Å²) < 4.78 is 24.3. The molecule has 0 aliphatic rings. The number of hydrogen-bond donors (Lipinski definition) is 0. The molecule has 0 fully saturated rings. The molecule has 0 rings (SSSR count). The van der Waals surface area contributed by atoms with Crippen LogP contribution in [0.3, 0.4) is 0 Å². The lowest BCUT2D eigenvalue weighted by atomic mass is 10.4. The Morgan fingerprint density at radius 3 is 1.06 bits per heavy atom. The Kier molecular flexibility index (Phi) is 7.94. The summed E-state index contributed by atoms with van der Waals surface area (Å²) in [5, 5.41) is 0. The lowest BCUT2D eigenvalue weighted by Crippen LogP contribution is -2.00. The zero-order valence-electron chi connectivity index (χ0n) is 11.4. The van der Waals surface area contributed by atoms with E-state index >= 15 is 0 Å². The van der Waals surface area contributed by atoms with E-state index in [1.165, 1.54) is 0 Å². The fourth-order valence-electron chi connectivity index (χ4n) is 1.88. The summed E-state index contributed by atoms with van der Waals surface area (Å²) >= 11 is 0. The Labute approximate surface area is 101 Å². The molecule has 0 atom stereocenters. The van der Waals surface area contributed by atoms with Crippen LogP contribution in [0.5, 0.6) is 0 Å². The molecule has 0 aromatic carbocycles. The Balaban J connectivity index is 3.92. The summed E-state index contributed by atoms with van der Waals surface area (Å²) in [4.78, 5) is 0. The zero-order valence-corrected chi connectivity index (χ0v) is 13.2. The third-order valence-electron chi connectivity index (χ3n) is 3.69. The molecule has 0 aromatic rings. The minimum Gasteiger partial charge on any atom is -0.324 e. The Bertz CT molecular complexity index is 230. The van der Waals surface area contributed by atoms with Gasteiger partial charge in [0.15, 0.2) is 0 Å². The molecule has 0 aromatic heterocycles. The maximum Gasteiger partial charge on any atom is 0.0872 e. The highest BCUT2D eigenvalue weighted by molar-refractivity contribution is 7.64. The first-order valence-corrected chi connectivity index (χ1v) is 11.1. The number of hydrogen-bond acceptors (Lipinski definition) is 2. The second kappa shape index (κ2) is 7.72. The van der Waals surface area contributed by atoms with Gasteiger partial charge in [-0.1, -0.05) is 27.7 Å². The molecule has 0 heterocycles. The van der Waals surface area contributed by atoms with Crippen molar-refractivity contribution in [1.29, 1.82) is 0 Å². The SMILES string of the molecule is CCP(=O)(CC)CCCCP(=O)(CC)CC. The summed E-state index contributed by atoms with van der Waals surface area (Å²) in [6.07, 6.45) is 6.98. The smallest absolute Gasteiger partial charge is 0.0872 e. The van der Waals surface area contributed by atoms with Gasteiger partial charge in [0, 0.05) is 12.3 Å². The van der Waals surface area contributed by atoms with E-state index in [9.17, 15) is 9.13 Å². The lowest BCUT2D eigenvalue weighted by Gasteiger charge is -2.16. The predicted octanol–water partition coefficient (Wildman–Crippen LogP) is 4.57. The summed E-state index contributed by atoms with van der Waals surface area (Å²) in [7, 11) is -3.74. The van der Waals surface area contributed by atoms with Gasteiger partial charge >= 0.3 is 0 Å². The summed E-state index contributed by atoms with van der Waals surface area (Å²) in [6.45, 7) is 8.08. The van der Waals surface area contributed by atoms with Crippen LogP contribution in [0.15, 0.2) is 0 Å². The second-order valence-corrected chi connectivity index (χ2v) is 12.2. The summed E-state index contributed by atoms with van der Waals surface area (Å²) in [5.74, 6) is 0. The van der Waals surface area contributed by atoms with Gasteiger partial charge in [-0.05, 0) is 37.5 Å². The standard InChI is InChI=1S/C12H28O2P2/c1-5-15(13,6-2)11-9-10-12-16(14,7-3)8-4/h5-12H2,1-4H3. The molecule has 0 spiro atoms. The van der Waals surface area contributed by atoms with Crippen molar-refractivity contribution in [1.82, 2.24) is 0 Å². The van der Waals surface area contributed by atoms with Crippen molar-refractivity contribution in [3.63, 3.8) is 0 Å². The molecule has 0 bridgehead atoms. The maximum atomic E-state index is 12.1. The van der Waals surface area contributed by atoms with Crippen LogP contribution in [0.25, 0.3) is 0 Å². The van der Waals surface area contributed by atoms with Crippen LogP contribution in [0.1, 0.15) is 40.5 Å². The predicted molar refractivity (Wildman–Crippen MR) is 76.3 cm³/mol. The Morgan fingerprint density at radius 1 is 0.625 bits per heavy atom. The highest BCUT2D eigenvalue weighted by Crippen LogP contribution is 2.48. The van der Waals surface area contributed by atoms with Crippen LogP contribution in [0.4, 0.5) is 0 Å². The van der Waals surface area contributed by atoms with Crippen molar-refractivity contribution >= 4 is 14.3 Å². The molecule has 0 N–H and O–H groups in total. The number of rotatable bonds is 9. The Morgan fingerprint density at radius 2 is 0.875 bits per heavy atom. The average molecular weight is 266 g/mol. The molecule has 16 heavy (non-hydrogen) atoms. The van der Waals surface area contributed by atoms with Crippen LogP contribution < -0.4 is 0 Å². The summed E-state index contributed by atoms with van der Waals surface area (Å²) in [5.41, 5.74) is 0. The first-order valence-electron chi connectivity index (χ1n) is 6.59. The van der Waals surface area contributed by atoms with Gasteiger partial charge in [0.25, 0.3) is 0 Å². The van der Waals surface area contributed by atoms with E-state index in [1.807, 2.05) is 27.7 Å². The second-order valence-electron chi connectivity index (χ2n) is 4.54. The molecule has 0 aliphatic heterocycles. The fraction of sp³-hybridized carbons (Fsp3) is 1.00. The Hall–Kier alpha value is 0.460. The van der Waals surface area contributed by atoms with Crippen molar-refractivity contribution < 1.29 is 9.13 Å². The normalized spacial score (nSPS) is 13.0. The largest absolute Gasteiger partial charge is 0.324 e. The molecule has 0 unspecified atom stereocenters. The molecule has 0 aliphatic carbocycles. The fourth-order valence-corrected chi connectivity index (χ4v) is 5.64. The first kappa shape index (κ1) is 16.5. The van der Waals surface area contributed by atoms with Crippen molar-refractivity contribution in [3.05, 3.63) is 0 Å². The van der Waals surface area contributed by atoms with Gasteiger partial charge in [-0.3, -0.25) is 0 Å². The highest BCUT2D eigenvalue weighted by atomic mass is 31.2. The van der Waals surface area contributed by atoms with Crippen LogP contribution in [0, 0.1) is 0 Å². The molecule has 4 heteroatoms. The van der Waals surface area contributed by atoms with Gasteiger partial charge in [0.05, 0.1) is 14.3 Å². The molecular formula is C12H28O2P2. The average Bonchev–Trinajstić information content (AvgIpc) is 2.34. The van der Waals surface area contributed by atoms with E-state index in [0.717, 1.165) is 49.8 Å².